The number of amides is 1. The van der Waals surface area contributed by atoms with Crippen LogP contribution in [0.1, 0.15) is 60.0 Å². The Balaban J connectivity index is 0.00000187. The number of aliphatic imine (C=N–C) groups is 1. The van der Waals surface area contributed by atoms with Crippen molar-refractivity contribution < 1.29 is 9.53 Å². The lowest BCUT2D eigenvalue weighted by molar-refractivity contribution is 0.0929. The van der Waals surface area contributed by atoms with Crippen molar-refractivity contribution in [1.82, 2.24) is 15.3 Å². The Morgan fingerprint density at radius 1 is 1.27 bits per heavy atom. The second-order valence-electron chi connectivity index (χ2n) is 7.48. The van der Waals surface area contributed by atoms with Crippen molar-refractivity contribution in [3.63, 3.8) is 0 Å². The van der Waals surface area contributed by atoms with Crippen molar-refractivity contribution in [1.29, 1.82) is 0 Å². The second-order valence-corrected chi connectivity index (χ2v) is 7.74. The van der Waals surface area contributed by atoms with Gasteiger partial charge >= 0.3 is 0 Å². The lowest BCUT2D eigenvalue weighted by Crippen LogP contribution is -2.30. The van der Waals surface area contributed by atoms with E-state index in [1.165, 1.54) is 0 Å². The molecule has 7 nitrogen and oxygen atoms in total. The smallest absolute Gasteiger partial charge is 0.255 e. The Labute approximate surface area is 200 Å². The zero-order valence-electron chi connectivity index (χ0n) is 20.0. The predicted octanol–water partition coefficient (Wildman–Crippen LogP) is 5.06. The molecule has 1 amide bonds. The van der Waals surface area contributed by atoms with E-state index < -0.39 is 0 Å². The molecule has 0 aliphatic heterocycles. The van der Waals surface area contributed by atoms with E-state index in [-0.39, 0.29) is 17.8 Å². The summed E-state index contributed by atoms with van der Waals surface area (Å²) in [7, 11) is 1.57. The molecular formula is C25H34ClN5O2. The van der Waals surface area contributed by atoms with Gasteiger partial charge in [-0.15, -0.1) is 11.6 Å². The minimum Gasteiger partial charge on any atom is -0.496 e. The van der Waals surface area contributed by atoms with Gasteiger partial charge in [0.05, 0.1) is 35.6 Å². The van der Waals surface area contributed by atoms with Crippen LogP contribution in [0.4, 0.5) is 0 Å². The van der Waals surface area contributed by atoms with Crippen molar-refractivity contribution >= 4 is 34.4 Å². The van der Waals surface area contributed by atoms with Crippen LogP contribution in [0.25, 0.3) is 11.0 Å². The number of imidazole rings is 1. The van der Waals surface area contributed by atoms with Gasteiger partial charge in [-0.25, -0.2) is 4.98 Å². The molecule has 0 saturated carbocycles. The van der Waals surface area contributed by atoms with E-state index in [1.807, 2.05) is 64.1 Å². The van der Waals surface area contributed by atoms with Crippen LogP contribution in [-0.2, 0) is 0 Å². The number of nitrogens with zero attached hydrogens (tertiary/aromatic N) is 2. The van der Waals surface area contributed by atoms with Gasteiger partial charge in [-0.05, 0) is 56.0 Å². The number of ether oxygens (including phenoxy) is 1. The highest BCUT2D eigenvalue weighted by Crippen LogP contribution is 2.27. The molecule has 0 aliphatic rings. The van der Waals surface area contributed by atoms with Gasteiger partial charge in [0.25, 0.3) is 5.91 Å². The van der Waals surface area contributed by atoms with Crippen LogP contribution in [0.5, 0.6) is 5.75 Å². The zero-order chi connectivity index (χ0) is 24.4. The lowest BCUT2D eigenvalue weighted by atomic mass is 10.0. The third-order valence-corrected chi connectivity index (χ3v) is 5.29. The average molecular weight is 472 g/mol. The number of aryl methyl sites for hydroxylation is 2. The van der Waals surface area contributed by atoms with E-state index in [9.17, 15) is 4.79 Å². The second kappa shape index (κ2) is 12.8. The molecule has 0 radical (unpaired) electrons. The van der Waals surface area contributed by atoms with Crippen LogP contribution < -0.4 is 15.8 Å². The Hall–Kier alpha value is -3.06. The quantitative estimate of drug-likeness (QED) is 0.175. The Bertz CT molecular complexity index is 1060. The van der Waals surface area contributed by atoms with Crippen LogP contribution >= 0.6 is 11.6 Å². The fraction of sp³-hybridized carbons (Fsp3) is 0.400. The van der Waals surface area contributed by atoms with Crippen molar-refractivity contribution in [2.75, 3.05) is 19.5 Å². The number of hydrogen-bond donors (Lipinski definition) is 3. The Kier molecular flexibility index (Phi) is 10.2. The lowest BCUT2D eigenvalue weighted by Gasteiger charge is -2.18. The van der Waals surface area contributed by atoms with Gasteiger partial charge in [0, 0.05) is 6.54 Å². The molecule has 8 heteroatoms. The largest absolute Gasteiger partial charge is 0.496 e. The number of nitrogens with one attached hydrogen (secondary N) is 2. The molecule has 33 heavy (non-hydrogen) atoms. The van der Waals surface area contributed by atoms with E-state index in [0.717, 1.165) is 22.2 Å². The summed E-state index contributed by atoms with van der Waals surface area (Å²) in [4.78, 5) is 25.5. The normalized spacial score (nSPS) is 12.1. The molecule has 2 aromatic carbocycles. The standard InChI is InChI=1S/C23H28ClN5O2.C2H6/c1-14-11-15(2)21(31-3)16(12-14)23(30)29-19(9-6-10-26-20(25)13-24)22-27-17-7-4-5-8-18(17)28-22;1-2/h4-5,7-8,11-12,19H,6,9-10,13H2,1-3H3,(H2,25,26)(H,27,28)(H,29,30);1-2H3. The number of alkyl halides is 1. The number of nitrogens with two attached hydrogens (primary N) is 1. The summed E-state index contributed by atoms with van der Waals surface area (Å²) < 4.78 is 5.50. The minimum absolute atomic E-state index is 0.205. The number of methoxy groups -OCH3 is 1. The molecule has 1 atom stereocenters. The first-order chi connectivity index (χ1) is 15.9. The van der Waals surface area contributed by atoms with Crippen LogP contribution in [-0.4, -0.2) is 41.2 Å². The average Bonchev–Trinajstić information content (AvgIpc) is 3.25. The molecule has 3 aromatic rings. The summed E-state index contributed by atoms with van der Waals surface area (Å²) in [5.74, 6) is 1.68. The number of fused-ring (bicyclic) bond motifs is 1. The van der Waals surface area contributed by atoms with E-state index in [2.05, 4.69) is 20.3 Å². The fourth-order valence-electron chi connectivity index (χ4n) is 3.61. The first-order valence-electron chi connectivity index (χ1n) is 11.2. The molecule has 0 aliphatic carbocycles. The number of rotatable bonds is 9. The maximum Gasteiger partial charge on any atom is 0.255 e. The summed E-state index contributed by atoms with van der Waals surface area (Å²) in [5, 5.41) is 3.12. The molecule has 1 heterocycles. The van der Waals surface area contributed by atoms with Gasteiger partial charge in [-0.3, -0.25) is 9.79 Å². The fourth-order valence-corrected chi connectivity index (χ4v) is 3.69. The number of hydrogen-bond acceptors (Lipinski definition) is 4. The number of para-hydroxylation sites is 2. The number of halogens is 1. The molecule has 3 rings (SSSR count). The topological polar surface area (TPSA) is 105 Å². The predicted molar refractivity (Wildman–Crippen MR) is 137 cm³/mol. The van der Waals surface area contributed by atoms with Crippen molar-refractivity contribution in [2.45, 2.75) is 46.6 Å². The van der Waals surface area contributed by atoms with Gasteiger partial charge in [-0.1, -0.05) is 32.0 Å². The highest BCUT2D eigenvalue weighted by molar-refractivity contribution is 6.27. The summed E-state index contributed by atoms with van der Waals surface area (Å²) in [6.45, 7) is 8.41. The minimum atomic E-state index is -0.321. The maximum absolute atomic E-state index is 13.2. The number of carbonyl (C=O) groups excluding carboxylic acids is 1. The number of aromatic amines is 1. The first kappa shape index (κ1) is 26.2. The number of H-pyrrole nitrogens is 1. The molecule has 0 saturated heterocycles. The summed E-state index contributed by atoms with van der Waals surface area (Å²) in [6.07, 6.45) is 1.35. The van der Waals surface area contributed by atoms with Crippen LogP contribution in [0, 0.1) is 13.8 Å². The molecule has 1 unspecified atom stereocenters. The summed E-state index contributed by atoms with van der Waals surface area (Å²) in [5.41, 5.74) is 9.87. The van der Waals surface area contributed by atoms with E-state index >= 15 is 0 Å². The van der Waals surface area contributed by atoms with Crippen LogP contribution in [0.3, 0.4) is 0 Å². The number of benzene rings is 2. The first-order valence-corrected chi connectivity index (χ1v) is 11.7. The highest BCUT2D eigenvalue weighted by atomic mass is 35.5. The van der Waals surface area contributed by atoms with Gasteiger partial charge < -0.3 is 20.8 Å². The van der Waals surface area contributed by atoms with Crippen molar-refractivity contribution in [3.8, 4) is 5.75 Å². The Morgan fingerprint density at radius 2 is 2.00 bits per heavy atom. The monoisotopic (exact) mass is 471 g/mol. The van der Waals surface area contributed by atoms with E-state index in [0.29, 0.717) is 42.4 Å². The molecule has 0 spiro atoms. The van der Waals surface area contributed by atoms with Crippen molar-refractivity contribution in [3.05, 3.63) is 58.9 Å². The van der Waals surface area contributed by atoms with E-state index in [1.54, 1.807) is 7.11 Å². The molecule has 0 bridgehead atoms. The molecule has 4 N–H and O–H groups in total. The molecule has 1 aromatic heterocycles. The number of carbonyl (C=O) groups is 1. The van der Waals surface area contributed by atoms with Gasteiger partial charge in [-0.2, -0.15) is 0 Å². The maximum atomic E-state index is 13.2. The summed E-state index contributed by atoms with van der Waals surface area (Å²) in [6, 6.07) is 11.3. The van der Waals surface area contributed by atoms with Crippen molar-refractivity contribution in [2.24, 2.45) is 10.7 Å². The summed E-state index contributed by atoms with van der Waals surface area (Å²) >= 11 is 5.69. The molecular weight excluding hydrogens is 438 g/mol. The van der Waals surface area contributed by atoms with Gasteiger partial charge in [0.1, 0.15) is 17.4 Å². The van der Waals surface area contributed by atoms with Crippen LogP contribution in [0.2, 0.25) is 0 Å². The third-order valence-electron chi connectivity index (χ3n) is 5.01. The number of amidine groups is 1. The third kappa shape index (κ3) is 6.96. The van der Waals surface area contributed by atoms with E-state index in [4.69, 9.17) is 22.1 Å². The van der Waals surface area contributed by atoms with Gasteiger partial charge in [0.15, 0.2) is 0 Å². The Morgan fingerprint density at radius 3 is 2.67 bits per heavy atom. The van der Waals surface area contributed by atoms with Crippen LogP contribution in [0.15, 0.2) is 41.4 Å². The SMILES string of the molecule is CC.COc1c(C)cc(C)cc1C(=O)NC(CCCN=C(N)CCl)c1nc2ccccc2[nH]1. The van der Waals surface area contributed by atoms with Gasteiger partial charge in [0.2, 0.25) is 0 Å². The molecule has 178 valence electrons. The molecule has 0 fully saturated rings. The number of aromatic nitrogens is 2. The highest BCUT2D eigenvalue weighted by Gasteiger charge is 2.22. The zero-order valence-corrected chi connectivity index (χ0v) is 20.8.